The average molecular weight is 531 g/mol. The normalized spacial score (nSPS) is 13.5. The summed E-state index contributed by atoms with van der Waals surface area (Å²) in [6.45, 7) is 3.57. The van der Waals surface area contributed by atoms with Crippen LogP contribution in [-0.4, -0.2) is 63.7 Å². The van der Waals surface area contributed by atoms with E-state index in [1.165, 1.54) is 24.3 Å². The molecule has 0 bridgehead atoms. The van der Waals surface area contributed by atoms with Crippen LogP contribution in [0.4, 0.5) is 19.0 Å². The van der Waals surface area contributed by atoms with Crippen molar-refractivity contribution in [3.63, 3.8) is 0 Å². The van der Waals surface area contributed by atoms with Crippen LogP contribution >= 0.6 is 0 Å². The Bertz CT molecular complexity index is 1350. The highest BCUT2D eigenvalue weighted by atomic mass is 19.4. The zero-order valence-electron chi connectivity index (χ0n) is 20.3. The Kier molecular flexibility index (Phi) is 8.21. The monoisotopic (exact) mass is 531 g/mol. The number of ether oxygens (including phenoxy) is 1. The Morgan fingerprint density at radius 3 is 2.55 bits per heavy atom. The number of imidazole rings is 1. The Morgan fingerprint density at radius 1 is 1.16 bits per heavy atom. The van der Waals surface area contributed by atoms with Crippen LogP contribution in [0.1, 0.15) is 11.4 Å². The summed E-state index contributed by atoms with van der Waals surface area (Å²) in [5.74, 6) is 1.92. The summed E-state index contributed by atoms with van der Waals surface area (Å²) in [5, 5.41) is 14.5. The number of anilines is 1. The second-order valence-electron chi connectivity index (χ2n) is 8.30. The van der Waals surface area contributed by atoms with Gasteiger partial charge in [0, 0.05) is 37.9 Å². The summed E-state index contributed by atoms with van der Waals surface area (Å²) >= 11 is 0. The van der Waals surface area contributed by atoms with Gasteiger partial charge in [0.1, 0.15) is 23.1 Å². The lowest BCUT2D eigenvalue weighted by atomic mass is 10.2. The number of halogens is 3. The molecule has 4 aromatic rings. The van der Waals surface area contributed by atoms with Crippen molar-refractivity contribution in [2.75, 3.05) is 31.1 Å². The van der Waals surface area contributed by atoms with E-state index < -0.39 is 12.8 Å². The van der Waals surface area contributed by atoms with E-state index in [1.54, 1.807) is 6.20 Å². The number of benzene rings is 1. The van der Waals surface area contributed by atoms with Gasteiger partial charge in [-0.15, -0.1) is 13.2 Å². The minimum Gasteiger partial charge on any atom is -0.554 e. The third-order valence-corrected chi connectivity index (χ3v) is 5.67. The van der Waals surface area contributed by atoms with Crippen LogP contribution in [0.3, 0.4) is 0 Å². The maximum absolute atomic E-state index is 12.4. The topological polar surface area (TPSA) is 139 Å². The molecule has 0 saturated carbocycles. The number of rotatable bonds is 6. The molecule has 38 heavy (non-hydrogen) atoms. The van der Waals surface area contributed by atoms with Gasteiger partial charge in [-0.05, 0) is 42.0 Å². The van der Waals surface area contributed by atoms with E-state index >= 15 is 0 Å². The van der Waals surface area contributed by atoms with Gasteiger partial charge in [-0.1, -0.05) is 5.16 Å². The Hall–Kier alpha value is -4.46. The lowest BCUT2D eigenvalue weighted by molar-refractivity contribution is -0.655. The highest BCUT2D eigenvalue weighted by Crippen LogP contribution is 2.27. The summed E-state index contributed by atoms with van der Waals surface area (Å²) < 4.78 is 48.2. The first-order valence-corrected chi connectivity index (χ1v) is 11.6. The Morgan fingerprint density at radius 2 is 1.87 bits per heavy atom. The number of carboxylic acid groups (broad SMARTS) is 1. The van der Waals surface area contributed by atoms with Crippen molar-refractivity contribution in [2.24, 2.45) is 7.05 Å². The largest absolute Gasteiger partial charge is 0.573 e. The quantitative estimate of drug-likeness (QED) is 0.358. The van der Waals surface area contributed by atoms with E-state index in [0.29, 0.717) is 17.7 Å². The number of nitrogens with two attached hydrogens (primary N) is 1. The first-order chi connectivity index (χ1) is 18.3. The average Bonchev–Trinajstić information content (AvgIpc) is 3.52. The maximum atomic E-state index is 12.4. The minimum atomic E-state index is -4.75. The number of quaternary nitrogens is 1. The van der Waals surface area contributed by atoms with Gasteiger partial charge in [-0.25, -0.2) is 9.97 Å². The number of aromatic nitrogens is 5. The van der Waals surface area contributed by atoms with Gasteiger partial charge in [0.15, 0.2) is 0 Å². The van der Waals surface area contributed by atoms with Gasteiger partial charge in [0.05, 0.1) is 26.2 Å². The van der Waals surface area contributed by atoms with E-state index in [-0.39, 0.29) is 17.5 Å². The molecule has 1 fully saturated rings. The van der Waals surface area contributed by atoms with Crippen LogP contribution < -0.4 is 20.1 Å². The molecule has 5 rings (SSSR count). The predicted octanol–water partition coefficient (Wildman–Crippen LogP) is 0.771. The van der Waals surface area contributed by atoms with Gasteiger partial charge in [-0.3, -0.25) is 0 Å². The van der Waals surface area contributed by atoms with E-state index in [1.807, 2.05) is 23.9 Å². The zero-order chi connectivity index (χ0) is 27.1. The molecule has 0 amide bonds. The van der Waals surface area contributed by atoms with E-state index in [4.69, 9.17) is 14.4 Å². The molecular weight excluding hydrogens is 507 g/mol. The number of pyridine rings is 1. The summed E-state index contributed by atoms with van der Waals surface area (Å²) in [7, 11) is 1.89. The molecule has 200 valence electrons. The number of hydrogen-bond donors (Lipinski definition) is 1. The van der Waals surface area contributed by atoms with Crippen LogP contribution in [0.2, 0.25) is 0 Å². The first kappa shape index (κ1) is 26.6. The van der Waals surface area contributed by atoms with E-state index in [2.05, 4.69) is 41.1 Å². The lowest BCUT2D eigenvalue weighted by Crippen LogP contribution is -2.89. The molecule has 2 N–H and O–H groups in total. The molecule has 0 unspecified atom stereocenters. The molecule has 1 saturated heterocycles. The Balaban J connectivity index is 0.00000107. The number of piperazine rings is 1. The van der Waals surface area contributed by atoms with E-state index in [0.717, 1.165) is 43.4 Å². The predicted molar refractivity (Wildman–Crippen MR) is 126 cm³/mol. The van der Waals surface area contributed by atoms with Crippen molar-refractivity contribution in [1.29, 1.82) is 0 Å². The summed E-state index contributed by atoms with van der Waals surface area (Å²) in [4.78, 5) is 24.1. The molecule has 0 radical (unpaired) electrons. The second kappa shape index (κ2) is 11.7. The van der Waals surface area contributed by atoms with Crippen molar-refractivity contribution >= 4 is 12.3 Å². The molecule has 0 spiro atoms. The number of alkyl halides is 3. The minimum absolute atomic E-state index is 0.220. The third-order valence-electron chi connectivity index (χ3n) is 5.67. The van der Waals surface area contributed by atoms with Crippen LogP contribution in [0.15, 0.2) is 53.3 Å². The molecule has 0 aliphatic carbocycles. The first-order valence-electron chi connectivity index (χ1n) is 11.6. The SMILES string of the molecule is Cn1cc(-c2nc(-c3ccc(OC(F)(F)F)cc3)no2)nc1Cc1ccnc(N2CC[NH2+]CC2)c1.O=C[O-]. The van der Waals surface area contributed by atoms with Crippen molar-refractivity contribution in [3.05, 3.63) is 60.2 Å². The maximum Gasteiger partial charge on any atom is 0.573 e. The summed E-state index contributed by atoms with van der Waals surface area (Å²) in [6, 6.07) is 9.33. The second-order valence-corrected chi connectivity index (χ2v) is 8.30. The number of carbonyl (C=O) groups is 1. The molecular formula is C24H24F3N7O4. The van der Waals surface area contributed by atoms with Crippen LogP contribution in [0.25, 0.3) is 23.0 Å². The molecule has 1 aliphatic heterocycles. The lowest BCUT2D eigenvalue weighted by Gasteiger charge is -2.26. The van der Waals surface area contributed by atoms with Gasteiger partial charge in [0.2, 0.25) is 5.82 Å². The van der Waals surface area contributed by atoms with E-state index in [9.17, 15) is 13.2 Å². The smallest absolute Gasteiger partial charge is 0.554 e. The van der Waals surface area contributed by atoms with Gasteiger partial charge in [0.25, 0.3) is 5.89 Å². The molecule has 11 nitrogen and oxygen atoms in total. The molecule has 0 atom stereocenters. The van der Waals surface area contributed by atoms with Gasteiger partial charge >= 0.3 is 6.36 Å². The van der Waals surface area contributed by atoms with Crippen LogP contribution in [-0.2, 0) is 18.3 Å². The van der Waals surface area contributed by atoms with Crippen molar-refractivity contribution in [3.8, 4) is 28.7 Å². The number of aryl methyl sites for hydroxylation is 1. The highest BCUT2D eigenvalue weighted by molar-refractivity contribution is 5.58. The number of nitrogens with zero attached hydrogens (tertiary/aromatic N) is 6. The molecule has 1 aliphatic rings. The van der Waals surface area contributed by atoms with Crippen molar-refractivity contribution < 1.29 is 37.6 Å². The van der Waals surface area contributed by atoms with Gasteiger partial charge < -0.3 is 33.9 Å². The van der Waals surface area contributed by atoms with Crippen molar-refractivity contribution in [2.45, 2.75) is 12.8 Å². The molecule has 3 aromatic heterocycles. The number of carbonyl (C=O) groups excluding carboxylic acids is 1. The van der Waals surface area contributed by atoms with Crippen molar-refractivity contribution in [1.82, 2.24) is 24.7 Å². The van der Waals surface area contributed by atoms with Crippen LogP contribution in [0, 0.1) is 0 Å². The third kappa shape index (κ3) is 6.85. The Labute approximate surface area is 214 Å². The summed E-state index contributed by atoms with van der Waals surface area (Å²) in [6.07, 6.45) is -0.521. The highest BCUT2D eigenvalue weighted by Gasteiger charge is 2.31. The van der Waals surface area contributed by atoms with Crippen LogP contribution in [0.5, 0.6) is 5.75 Å². The number of hydrogen-bond acceptors (Lipinski definition) is 9. The fourth-order valence-electron chi connectivity index (χ4n) is 3.93. The standard InChI is InChI=1S/C23H22F3N7O2.CH2O2/c1-32-14-18(22-30-21(31-35-22)16-2-4-17(5-3-16)34-23(24,25)26)29-20(32)13-15-6-7-28-19(12-15)33-10-8-27-9-11-33;2-1-3/h2-7,12,14,27H,8-11,13H2,1H3;1H,(H,2,3). The zero-order valence-corrected chi connectivity index (χ0v) is 20.3. The fourth-order valence-corrected chi connectivity index (χ4v) is 3.93. The molecule has 14 heteroatoms. The fraction of sp³-hybridized carbons (Fsp3) is 0.292. The molecule has 4 heterocycles. The molecule has 1 aromatic carbocycles. The van der Waals surface area contributed by atoms with Gasteiger partial charge in [-0.2, -0.15) is 4.98 Å². The summed E-state index contributed by atoms with van der Waals surface area (Å²) in [5.41, 5.74) is 2.10.